The highest BCUT2D eigenvalue weighted by Crippen LogP contribution is 2.29. The Labute approximate surface area is 271 Å². The van der Waals surface area contributed by atoms with E-state index in [1.807, 2.05) is 77.1 Å². The van der Waals surface area contributed by atoms with E-state index in [2.05, 4.69) is 5.32 Å². The first kappa shape index (κ1) is 33.7. The van der Waals surface area contributed by atoms with Crippen LogP contribution in [0.1, 0.15) is 41.7 Å². The first-order valence-electron chi connectivity index (χ1n) is 14.9. The van der Waals surface area contributed by atoms with E-state index in [1.54, 1.807) is 54.6 Å². The van der Waals surface area contributed by atoms with Gasteiger partial charge < -0.3 is 10.2 Å². The summed E-state index contributed by atoms with van der Waals surface area (Å²) in [4.78, 5) is 29.9. The maximum atomic E-state index is 14.6. The molecule has 0 radical (unpaired) electrons. The molecular weight excluding hydrogens is 606 g/mol. The Morgan fingerprint density at radius 2 is 1.42 bits per heavy atom. The van der Waals surface area contributed by atoms with Gasteiger partial charge in [0.1, 0.15) is 12.6 Å². The lowest BCUT2D eigenvalue weighted by Gasteiger charge is -2.34. The van der Waals surface area contributed by atoms with Gasteiger partial charge in [-0.3, -0.25) is 13.9 Å². The molecule has 2 amide bonds. The predicted octanol–water partition coefficient (Wildman–Crippen LogP) is 6.63. The lowest BCUT2D eigenvalue weighted by molar-refractivity contribution is -0.140. The zero-order chi connectivity index (χ0) is 32.7. The fourth-order valence-electron chi connectivity index (χ4n) is 5.06. The molecule has 236 valence electrons. The summed E-state index contributed by atoms with van der Waals surface area (Å²) in [6, 6.07) is 27.5. The Morgan fingerprint density at radius 3 is 2.04 bits per heavy atom. The molecule has 0 saturated heterocycles. The van der Waals surface area contributed by atoms with Crippen LogP contribution in [0.3, 0.4) is 0 Å². The first-order chi connectivity index (χ1) is 21.3. The van der Waals surface area contributed by atoms with E-state index in [4.69, 9.17) is 11.6 Å². The topological polar surface area (TPSA) is 86.8 Å². The van der Waals surface area contributed by atoms with Crippen LogP contribution >= 0.6 is 11.6 Å². The summed E-state index contributed by atoms with van der Waals surface area (Å²) < 4.78 is 29.7. The Kier molecular flexibility index (Phi) is 11.1. The molecule has 1 N–H and O–H groups in total. The SMILES string of the molecule is Cc1ccc(S(=O)(=O)N(CC(=O)N(Cc2ccc(Cl)cc2)[C@@H](Cc2ccccc2)C(=O)NC(C)C)c2cc(C)ccc2C)cc1. The monoisotopic (exact) mass is 645 g/mol. The average molecular weight is 646 g/mol. The van der Waals surface area contributed by atoms with Gasteiger partial charge in [0.25, 0.3) is 10.0 Å². The summed E-state index contributed by atoms with van der Waals surface area (Å²) in [5.41, 5.74) is 4.49. The van der Waals surface area contributed by atoms with E-state index in [0.717, 1.165) is 26.6 Å². The fourth-order valence-corrected chi connectivity index (χ4v) is 6.66. The van der Waals surface area contributed by atoms with Crippen LogP contribution in [-0.4, -0.2) is 43.8 Å². The molecule has 0 aromatic heterocycles. The minimum atomic E-state index is -4.17. The zero-order valence-electron chi connectivity index (χ0n) is 26.3. The van der Waals surface area contributed by atoms with Gasteiger partial charge in [-0.15, -0.1) is 0 Å². The normalized spacial score (nSPS) is 12.1. The summed E-state index contributed by atoms with van der Waals surface area (Å²) in [5, 5.41) is 3.51. The van der Waals surface area contributed by atoms with Gasteiger partial charge in [0.2, 0.25) is 11.8 Å². The van der Waals surface area contributed by atoms with Crippen LogP contribution < -0.4 is 9.62 Å². The van der Waals surface area contributed by atoms with Crippen molar-refractivity contribution in [2.75, 3.05) is 10.8 Å². The second kappa shape index (κ2) is 14.8. The van der Waals surface area contributed by atoms with E-state index < -0.39 is 28.5 Å². The first-order valence-corrected chi connectivity index (χ1v) is 16.7. The molecule has 7 nitrogen and oxygen atoms in total. The molecule has 0 aliphatic rings. The molecule has 0 aliphatic carbocycles. The number of nitrogens with zero attached hydrogens (tertiary/aromatic N) is 2. The number of benzene rings is 4. The van der Waals surface area contributed by atoms with Crippen LogP contribution in [0.25, 0.3) is 0 Å². The number of rotatable bonds is 12. The number of hydrogen-bond acceptors (Lipinski definition) is 4. The largest absolute Gasteiger partial charge is 0.352 e. The summed E-state index contributed by atoms with van der Waals surface area (Å²) in [7, 11) is -4.17. The molecule has 1 atom stereocenters. The lowest BCUT2D eigenvalue weighted by Crippen LogP contribution is -2.54. The maximum Gasteiger partial charge on any atom is 0.264 e. The Balaban J connectivity index is 1.83. The number of amides is 2. The number of anilines is 1. The summed E-state index contributed by atoms with van der Waals surface area (Å²) in [5.74, 6) is -0.836. The number of halogens is 1. The minimum absolute atomic E-state index is 0.0736. The van der Waals surface area contributed by atoms with Crippen LogP contribution in [0, 0.1) is 20.8 Å². The number of sulfonamides is 1. The van der Waals surface area contributed by atoms with Gasteiger partial charge >= 0.3 is 0 Å². The molecule has 0 heterocycles. The molecule has 4 aromatic carbocycles. The van der Waals surface area contributed by atoms with E-state index in [1.165, 1.54) is 4.90 Å². The van der Waals surface area contributed by atoms with Gasteiger partial charge in [-0.2, -0.15) is 0 Å². The highest BCUT2D eigenvalue weighted by atomic mass is 35.5. The quantitative estimate of drug-likeness (QED) is 0.188. The van der Waals surface area contributed by atoms with Crippen molar-refractivity contribution >= 4 is 39.1 Å². The van der Waals surface area contributed by atoms with Crippen molar-refractivity contribution in [2.45, 2.75) is 64.6 Å². The summed E-state index contributed by atoms with van der Waals surface area (Å²) in [6.45, 7) is 8.86. The van der Waals surface area contributed by atoms with E-state index >= 15 is 0 Å². The predicted molar refractivity (Wildman–Crippen MR) is 181 cm³/mol. The van der Waals surface area contributed by atoms with Crippen molar-refractivity contribution in [3.63, 3.8) is 0 Å². The molecule has 4 rings (SSSR count). The number of aryl methyl sites for hydroxylation is 3. The van der Waals surface area contributed by atoms with Crippen molar-refractivity contribution in [3.8, 4) is 0 Å². The van der Waals surface area contributed by atoms with Crippen molar-refractivity contribution in [1.29, 1.82) is 0 Å². The van der Waals surface area contributed by atoms with Crippen LogP contribution in [0.15, 0.2) is 102 Å². The second-order valence-electron chi connectivity index (χ2n) is 11.6. The number of hydrogen-bond donors (Lipinski definition) is 1. The number of nitrogens with one attached hydrogen (secondary N) is 1. The number of carbonyl (C=O) groups excluding carboxylic acids is 2. The molecule has 0 aliphatic heterocycles. The Bertz CT molecular complexity index is 1720. The Hall–Kier alpha value is -4.14. The third-order valence-electron chi connectivity index (χ3n) is 7.49. The molecule has 45 heavy (non-hydrogen) atoms. The van der Waals surface area contributed by atoms with Crippen molar-refractivity contribution in [2.24, 2.45) is 0 Å². The smallest absolute Gasteiger partial charge is 0.264 e. The van der Waals surface area contributed by atoms with Gasteiger partial charge in [-0.1, -0.05) is 83.9 Å². The summed E-state index contributed by atoms with van der Waals surface area (Å²) in [6.07, 6.45) is 0.243. The van der Waals surface area contributed by atoms with Crippen molar-refractivity contribution in [1.82, 2.24) is 10.2 Å². The molecule has 9 heteroatoms. The molecular formula is C36H40ClN3O4S. The maximum absolute atomic E-state index is 14.6. The average Bonchev–Trinajstić information content (AvgIpc) is 3.00. The molecule has 0 bridgehead atoms. The highest BCUT2D eigenvalue weighted by molar-refractivity contribution is 7.92. The molecule has 0 saturated carbocycles. The third kappa shape index (κ3) is 8.74. The van der Waals surface area contributed by atoms with Gasteiger partial charge in [0.05, 0.1) is 10.6 Å². The van der Waals surface area contributed by atoms with Crippen LogP contribution in [0.4, 0.5) is 5.69 Å². The van der Waals surface area contributed by atoms with Gasteiger partial charge in [0, 0.05) is 24.0 Å². The van der Waals surface area contributed by atoms with Crippen LogP contribution in [-0.2, 0) is 32.6 Å². The second-order valence-corrected chi connectivity index (χ2v) is 13.9. The molecule has 0 fully saturated rings. The highest BCUT2D eigenvalue weighted by Gasteiger charge is 2.35. The van der Waals surface area contributed by atoms with Crippen LogP contribution in [0.2, 0.25) is 5.02 Å². The van der Waals surface area contributed by atoms with E-state index in [9.17, 15) is 18.0 Å². The molecule has 0 spiro atoms. The third-order valence-corrected chi connectivity index (χ3v) is 9.52. The Morgan fingerprint density at radius 1 is 0.800 bits per heavy atom. The minimum Gasteiger partial charge on any atom is -0.352 e. The summed E-state index contributed by atoms with van der Waals surface area (Å²) >= 11 is 6.15. The fraction of sp³-hybridized carbons (Fsp3) is 0.278. The zero-order valence-corrected chi connectivity index (χ0v) is 27.9. The van der Waals surface area contributed by atoms with Gasteiger partial charge in [-0.05, 0) is 87.2 Å². The van der Waals surface area contributed by atoms with Crippen molar-refractivity contribution in [3.05, 3.63) is 130 Å². The number of carbonyl (C=O) groups is 2. The van der Waals surface area contributed by atoms with E-state index in [-0.39, 0.29) is 29.8 Å². The van der Waals surface area contributed by atoms with Crippen LogP contribution in [0.5, 0.6) is 0 Å². The molecule has 4 aromatic rings. The van der Waals surface area contributed by atoms with E-state index in [0.29, 0.717) is 16.3 Å². The van der Waals surface area contributed by atoms with Gasteiger partial charge in [-0.25, -0.2) is 8.42 Å². The lowest BCUT2D eigenvalue weighted by atomic mass is 10.0. The van der Waals surface area contributed by atoms with Gasteiger partial charge in [0.15, 0.2) is 0 Å². The van der Waals surface area contributed by atoms with Crippen molar-refractivity contribution < 1.29 is 18.0 Å². The molecule has 0 unspecified atom stereocenters. The standard InChI is InChI=1S/C36H40ClN3O4S/c1-25(2)38-36(42)34(22-29-9-7-6-8-10-29)39(23-30-15-17-31(37)18-16-30)35(41)24-40(33-21-27(4)11-14-28(33)5)45(43,44)32-19-12-26(3)13-20-32/h6-21,25,34H,22-24H2,1-5H3,(H,38,42)/t34-/m0/s1.